The quantitative estimate of drug-likeness (QED) is 0.493. The van der Waals surface area contributed by atoms with Crippen molar-refractivity contribution in [1.82, 2.24) is 0 Å². The lowest BCUT2D eigenvalue weighted by molar-refractivity contribution is -0.198. The highest BCUT2D eigenvalue weighted by Crippen LogP contribution is 2.48. The van der Waals surface area contributed by atoms with Crippen LogP contribution in [0.25, 0.3) is 0 Å². The summed E-state index contributed by atoms with van der Waals surface area (Å²) in [6.07, 6.45) is -1.07. The fourth-order valence-electron chi connectivity index (χ4n) is 0.543. The van der Waals surface area contributed by atoms with Crippen LogP contribution in [0.5, 0.6) is 0 Å². The summed E-state index contributed by atoms with van der Waals surface area (Å²) in [5.41, 5.74) is 0. The second-order valence-electron chi connectivity index (χ2n) is 2.52. The van der Waals surface area contributed by atoms with Crippen molar-refractivity contribution in [3.63, 3.8) is 0 Å². The molecule has 0 aromatic heterocycles. The maximum atomic E-state index is 12.6. The van der Waals surface area contributed by atoms with Gasteiger partial charge in [0.1, 0.15) is 0 Å². The first-order chi connectivity index (χ1) is 5.06. The largest absolute Gasteiger partial charge is 0.308 e. The minimum Gasteiger partial charge on any atom is -0.213 e. The second-order valence-corrected chi connectivity index (χ2v) is 3.04. The molecule has 0 fully saturated rings. The third-order valence-corrected chi connectivity index (χ3v) is 2.06. The van der Waals surface area contributed by atoms with Crippen LogP contribution < -0.4 is 0 Å². The Morgan fingerprint density at radius 2 is 1.42 bits per heavy atom. The fourth-order valence-corrected chi connectivity index (χ4v) is 0.677. The second kappa shape index (κ2) is 3.01. The Kier molecular flexibility index (Phi) is 3.00. The summed E-state index contributed by atoms with van der Waals surface area (Å²) in [5.74, 6) is -8.50. The molecule has 0 aromatic carbocycles. The molecule has 0 aliphatic carbocycles. The van der Waals surface area contributed by atoms with Gasteiger partial charge in [-0.1, -0.05) is 18.5 Å². The maximum absolute atomic E-state index is 12.6. The van der Waals surface area contributed by atoms with Crippen molar-refractivity contribution in [1.29, 1.82) is 0 Å². The Bertz CT molecular complexity index is 160. The van der Waals surface area contributed by atoms with Crippen LogP contribution in [0.1, 0.15) is 20.3 Å². The smallest absolute Gasteiger partial charge is 0.213 e. The molecule has 0 bridgehead atoms. The first-order valence-electron chi connectivity index (χ1n) is 3.19. The summed E-state index contributed by atoms with van der Waals surface area (Å²) in [4.78, 5) is 0. The number of rotatable bonds is 3. The molecule has 0 spiro atoms. The summed E-state index contributed by atoms with van der Waals surface area (Å²) in [7, 11) is 0. The molecule has 0 rings (SSSR count). The summed E-state index contributed by atoms with van der Waals surface area (Å²) < 4.78 is 61.9. The highest BCUT2D eigenvalue weighted by molar-refractivity contribution is 6.24. The Hall–Kier alpha value is -0.0600. The molecule has 0 heterocycles. The maximum Gasteiger partial charge on any atom is 0.308 e. The molecule has 0 nitrogen and oxygen atoms in total. The van der Waals surface area contributed by atoms with E-state index < -0.39 is 23.4 Å². The molecule has 0 aliphatic rings. The lowest BCUT2D eigenvalue weighted by atomic mass is 10.1. The molecule has 1 unspecified atom stereocenters. The minimum atomic E-state index is -4.31. The number of hydrogen-bond donors (Lipinski definition) is 0. The van der Waals surface area contributed by atoms with Crippen molar-refractivity contribution in [2.24, 2.45) is 0 Å². The van der Waals surface area contributed by atoms with E-state index in [1.165, 1.54) is 0 Å². The molecular formula is C6H8ClF5. The van der Waals surface area contributed by atoms with Gasteiger partial charge in [-0.2, -0.15) is 0 Å². The van der Waals surface area contributed by atoms with Crippen LogP contribution in [0.2, 0.25) is 0 Å². The predicted molar refractivity (Wildman–Crippen MR) is 35.6 cm³/mol. The Morgan fingerprint density at radius 3 is 1.50 bits per heavy atom. The summed E-state index contributed by atoms with van der Waals surface area (Å²) >= 11 is 4.44. The van der Waals surface area contributed by atoms with Gasteiger partial charge in [-0.3, -0.25) is 0 Å². The highest BCUT2D eigenvalue weighted by atomic mass is 35.5. The average molecular weight is 211 g/mol. The molecular weight excluding hydrogens is 203 g/mol. The van der Waals surface area contributed by atoms with E-state index in [1.54, 1.807) is 0 Å². The molecule has 0 aliphatic heterocycles. The van der Waals surface area contributed by atoms with E-state index in [1.807, 2.05) is 0 Å². The minimum absolute atomic E-state index is 0.0174. The van der Waals surface area contributed by atoms with E-state index in [-0.39, 0.29) is 6.92 Å². The molecule has 0 radical (unpaired) electrons. The lowest BCUT2D eigenvalue weighted by Gasteiger charge is -2.31. The van der Waals surface area contributed by atoms with Crippen molar-refractivity contribution in [3.05, 3.63) is 0 Å². The van der Waals surface area contributed by atoms with E-state index in [9.17, 15) is 22.0 Å². The molecule has 0 saturated heterocycles. The van der Waals surface area contributed by atoms with Gasteiger partial charge in [-0.25, -0.2) is 22.0 Å². The average Bonchev–Trinajstić information content (AvgIpc) is 1.85. The van der Waals surface area contributed by atoms with E-state index >= 15 is 0 Å². The molecule has 1 atom stereocenters. The van der Waals surface area contributed by atoms with Gasteiger partial charge >= 0.3 is 11.1 Å². The molecule has 74 valence electrons. The normalized spacial score (nSPS) is 19.0. The van der Waals surface area contributed by atoms with Crippen LogP contribution in [-0.2, 0) is 0 Å². The van der Waals surface area contributed by atoms with E-state index in [0.29, 0.717) is 0 Å². The van der Waals surface area contributed by atoms with Crippen molar-refractivity contribution < 1.29 is 22.0 Å². The van der Waals surface area contributed by atoms with E-state index in [2.05, 4.69) is 11.6 Å². The van der Waals surface area contributed by atoms with Gasteiger partial charge in [0.25, 0.3) is 5.92 Å². The van der Waals surface area contributed by atoms with Crippen molar-refractivity contribution in [2.45, 2.75) is 37.2 Å². The topological polar surface area (TPSA) is 0 Å². The van der Waals surface area contributed by atoms with Crippen LogP contribution in [-0.4, -0.2) is 17.0 Å². The van der Waals surface area contributed by atoms with Crippen LogP contribution in [0.3, 0.4) is 0 Å². The van der Waals surface area contributed by atoms with Crippen LogP contribution in [0.15, 0.2) is 0 Å². The number of hydrogen-bond acceptors (Lipinski definition) is 0. The van der Waals surface area contributed by atoms with Gasteiger partial charge in [0.05, 0.1) is 0 Å². The summed E-state index contributed by atoms with van der Waals surface area (Å²) in [6, 6.07) is 0. The molecule has 0 aromatic rings. The lowest BCUT2D eigenvalue weighted by Crippen LogP contribution is -2.51. The molecule has 0 N–H and O–H groups in total. The van der Waals surface area contributed by atoms with Crippen molar-refractivity contribution in [3.8, 4) is 0 Å². The van der Waals surface area contributed by atoms with Gasteiger partial charge in [0, 0.05) is 13.3 Å². The van der Waals surface area contributed by atoms with Gasteiger partial charge in [0.2, 0.25) is 0 Å². The van der Waals surface area contributed by atoms with Crippen molar-refractivity contribution in [2.75, 3.05) is 0 Å². The predicted octanol–water partition coefficient (Wildman–Crippen LogP) is 3.59. The molecule has 6 heteroatoms. The van der Waals surface area contributed by atoms with Gasteiger partial charge in [0.15, 0.2) is 0 Å². The Labute approximate surface area is 71.7 Å². The van der Waals surface area contributed by atoms with Gasteiger partial charge in [-0.05, 0) is 0 Å². The highest BCUT2D eigenvalue weighted by Gasteiger charge is 2.65. The monoisotopic (exact) mass is 210 g/mol. The third kappa shape index (κ3) is 1.81. The molecule has 0 saturated carbocycles. The summed E-state index contributed by atoms with van der Waals surface area (Å²) in [6.45, 7) is 0.895. The zero-order chi connectivity index (χ0) is 10.2. The van der Waals surface area contributed by atoms with Crippen LogP contribution in [0, 0.1) is 0 Å². The SMILES string of the molecule is CCC(F)(F)C(F)(Cl)C(C)(F)F. The number of alkyl halides is 6. The Balaban J connectivity index is 4.85. The zero-order valence-corrected chi connectivity index (χ0v) is 7.23. The fraction of sp³-hybridized carbons (Fsp3) is 1.00. The molecule has 0 amide bonds. The van der Waals surface area contributed by atoms with Crippen LogP contribution in [0.4, 0.5) is 22.0 Å². The van der Waals surface area contributed by atoms with Crippen molar-refractivity contribution >= 4 is 11.6 Å². The first-order valence-corrected chi connectivity index (χ1v) is 3.57. The van der Waals surface area contributed by atoms with E-state index in [4.69, 9.17) is 0 Å². The van der Waals surface area contributed by atoms with Gasteiger partial charge in [-0.15, -0.1) is 0 Å². The number of halogens is 6. The molecule has 12 heavy (non-hydrogen) atoms. The first kappa shape index (κ1) is 11.9. The standard InChI is InChI=1S/C6H8ClF5/c1-3-5(10,11)6(7,12)4(2,8)9/h3H2,1-2H3. The third-order valence-electron chi connectivity index (χ3n) is 1.45. The van der Waals surface area contributed by atoms with E-state index in [0.717, 1.165) is 6.92 Å². The summed E-state index contributed by atoms with van der Waals surface area (Å²) in [5, 5.41) is -4.31. The van der Waals surface area contributed by atoms with Gasteiger partial charge < -0.3 is 0 Å². The van der Waals surface area contributed by atoms with Crippen LogP contribution >= 0.6 is 11.6 Å². The zero-order valence-electron chi connectivity index (χ0n) is 6.47. The Morgan fingerprint density at radius 1 is 1.08 bits per heavy atom.